The molecule has 2 aromatic heterocycles. The molecule has 0 fully saturated rings. The molecule has 7 heteroatoms. The molecular formula is C22H21N3O3S. The van der Waals surface area contributed by atoms with Gasteiger partial charge in [-0.2, -0.15) is 0 Å². The molecule has 0 aliphatic rings. The summed E-state index contributed by atoms with van der Waals surface area (Å²) >= 11 is 1.47. The quantitative estimate of drug-likeness (QED) is 0.272. The van der Waals surface area contributed by atoms with Gasteiger partial charge in [0.05, 0.1) is 10.6 Å². The average molecular weight is 407 g/mol. The van der Waals surface area contributed by atoms with Crippen molar-refractivity contribution in [3.8, 4) is 11.5 Å². The predicted octanol–water partition coefficient (Wildman–Crippen LogP) is 6.46. The molecule has 0 aliphatic carbocycles. The standard InChI is InChI=1S/C22H21N3O3S/c1-3-16(4-2)24-19(21-13-15-9-5-8-12-20(15)28-21)14-29-22(24)23-17-10-6-7-11-18(17)25(26)27/h5-14,16H,3-4H2,1-2H3. The Hall–Kier alpha value is -3.19. The van der Waals surface area contributed by atoms with E-state index in [2.05, 4.69) is 23.4 Å². The van der Waals surface area contributed by atoms with E-state index in [9.17, 15) is 10.1 Å². The number of para-hydroxylation sites is 3. The number of benzene rings is 2. The van der Waals surface area contributed by atoms with E-state index in [0.29, 0.717) is 5.69 Å². The smallest absolute Gasteiger partial charge is 0.294 e. The maximum atomic E-state index is 11.4. The van der Waals surface area contributed by atoms with Gasteiger partial charge in [-0.15, -0.1) is 11.3 Å². The van der Waals surface area contributed by atoms with E-state index in [1.54, 1.807) is 18.2 Å². The van der Waals surface area contributed by atoms with Crippen molar-refractivity contribution in [3.63, 3.8) is 0 Å². The van der Waals surface area contributed by atoms with Crippen molar-refractivity contribution in [3.05, 3.63) is 74.9 Å². The molecule has 29 heavy (non-hydrogen) atoms. The first-order valence-electron chi connectivity index (χ1n) is 9.59. The first kappa shape index (κ1) is 19.1. The van der Waals surface area contributed by atoms with Gasteiger partial charge in [0.1, 0.15) is 11.3 Å². The minimum Gasteiger partial charge on any atom is -0.454 e. The molecule has 0 amide bonds. The highest BCUT2D eigenvalue weighted by molar-refractivity contribution is 7.07. The van der Waals surface area contributed by atoms with Gasteiger partial charge in [0, 0.05) is 22.9 Å². The molecule has 0 spiro atoms. The number of aromatic nitrogens is 1. The Balaban J connectivity index is 1.93. The molecule has 0 aliphatic heterocycles. The van der Waals surface area contributed by atoms with E-state index in [-0.39, 0.29) is 11.7 Å². The van der Waals surface area contributed by atoms with Crippen molar-refractivity contribution in [2.75, 3.05) is 0 Å². The van der Waals surface area contributed by atoms with Crippen molar-refractivity contribution >= 4 is 33.7 Å². The number of fused-ring (bicyclic) bond motifs is 1. The Kier molecular flexibility index (Phi) is 5.31. The molecule has 0 N–H and O–H groups in total. The average Bonchev–Trinajstić information content (AvgIpc) is 3.33. The van der Waals surface area contributed by atoms with Gasteiger partial charge >= 0.3 is 0 Å². The normalized spacial score (nSPS) is 12.2. The van der Waals surface area contributed by atoms with Crippen LogP contribution < -0.4 is 4.80 Å². The van der Waals surface area contributed by atoms with E-state index in [4.69, 9.17) is 4.42 Å². The summed E-state index contributed by atoms with van der Waals surface area (Å²) in [4.78, 5) is 16.4. The number of nitrogens with zero attached hydrogens (tertiary/aromatic N) is 3. The third kappa shape index (κ3) is 3.61. The maximum absolute atomic E-state index is 11.4. The minimum absolute atomic E-state index is 0.00211. The van der Waals surface area contributed by atoms with E-state index < -0.39 is 4.92 Å². The number of hydrogen-bond acceptors (Lipinski definition) is 5. The van der Waals surface area contributed by atoms with Crippen LogP contribution in [0.3, 0.4) is 0 Å². The zero-order valence-corrected chi connectivity index (χ0v) is 17.1. The largest absolute Gasteiger partial charge is 0.454 e. The van der Waals surface area contributed by atoms with E-state index in [1.807, 2.05) is 35.7 Å². The van der Waals surface area contributed by atoms with Crippen LogP contribution in [0.4, 0.5) is 11.4 Å². The lowest BCUT2D eigenvalue weighted by Crippen LogP contribution is -2.21. The van der Waals surface area contributed by atoms with Crippen LogP contribution in [-0.2, 0) is 0 Å². The molecule has 0 radical (unpaired) electrons. The second-order valence-electron chi connectivity index (χ2n) is 6.75. The van der Waals surface area contributed by atoms with Crippen molar-refractivity contribution in [2.24, 2.45) is 4.99 Å². The maximum Gasteiger partial charge on any atom is 0.294 e. The lowest BCUT2D eigenvalue weighted by atomic mass is 10.1. The number of thiazole rings is 1. The fourth-order valence-corrected chi connectivity index (χ4v) is 4.47. The van der Waals surface area contributed by atoms with Gasteiger partial charge in [0.25, 0.3) is 5.69 Å². The van der Waals surface area contributed by atoms with Crippen LogP contribution >= 0.6 is 11.3 Å². The van der Waals surface area contributed by atoms with Gasteiger partial charge in [-0.25, -0.2) is 4.99 Å². The Morgan fingerprint density at radius 1 is 1.14 bits per heavy atom. The van der Waals surface area contributed by atoms with Crippen LogP contribution in [0.25, 0.3) is 22.4 Å². The number of furan rings is 1. The number of nitro groups is 1. The summed E-state index contributed by atoms with van der Waals surface area (Å²) in [7, 11) is 0. The molecule has 148 valence electrons. The summed E-state index contributed by atoms with van der Waals surface area (Å²) in [5.74, 6) is 0.776. The second-order valence-corrected chi connectivity index (χ2v) is 7.59. The lowest BCUT2D eigenvalue weighted by Gasteiger charge is -2.17. The molecule has 0 atom stereocenters. The highest BCUT2D eigenvalue weighted by atomic mass is 32.1. The molecule has 4 rings (SSSR count). The van der Waals surface area contributed by atoms with Crippen molar-refractivity contribution < 1.29 is 9.34 Å². The zero-order chi connectivity index (χ0) is 20.4. The number of nitro benzene ring substituents is 1. The Morgan fingerprint density at radius 3 is 2.59 bits per heavy atom. The molecule has 6 nitrogen and oxygen atoms in total. The first-order valence-corrected chi connectivity index (χ1v) is 10.5. The first-order chi connectivity index (χ1) is 14.1. The van der Waals surface area contributed by atoms with Crippen LogP contribution in [0.5, 0.6) is 0 Å². The van der Waals surface area contributed by atoms with Gasteiger partial charge < -0.3 is 8.98 Å². The van der Waals surface area contributed by atoms with Crippen molar-refractivity contribution in [1.82, 2.24) is 4.57 Å². The van der Waals surface area contributed by atoms with E-state index in [0.717, 1.165) is 40.1 Å². The molecule has 0 bridgehead atoms. The van der Waals surface area contributed by atoms with Crippen LogP contribution in [0.15, 0.2) is 69.4 Å². The molecule has 4 aromatic rings. The van der Waals surface area contributed by atoms with Crippen molar-refractivity contribution in [1.29, 1.82) is 0 Å². The minimum atomic E-state index is -0.395. The van der Waals surface area contributed by atoms with Gasteiger partial charge in [-0.05, 0) is 31.0 Å². The van der Waals surface area contributed by atoms with Crippen LogP contribution in [0, 0.1) is 10.1 Å². The van der Waals surface area contributed by atoms with E-state index >= 15 is 0 Å². The fourth-order valence-electron chi connectivity index (χ4n) is 3.51. The molecule has 0 saturated heterocycles. The van der Waals surface area contributed by atoms with Gasteiger partial charge in [-0.3, -0.25) is 10.1 Å². The summed E-state index contributed by atoms with van der Waals surface area (Å²) in [6.07, 6.45) is 1.84. The SMILES string of the molecule is CCC(CC)n1c(-c2cc3ccccc3o2)csc1=Nc1ccccc1[N+](=O)[O-]. The number of rotatable bonds is 6. The molecule has 2 heterocycles. The predicted molar refractivity (Wildman–Crippen MR) is 115 cm³/mol. The highest BCUT2D eigenvalue weighted by Crippen LogP contribution is 2.32. The molecular weight excluding hydrogens is 386 g/mol. The highest BCUT2D eigenvalue weighted by Gasteiger charge is 2.19. The summed E-state index contributed by atoms with van der Waals surface area (Å²) in [5, 5.41) is 14.5. The van der Waals surface area contributed by atoms with Gasteiger partial charge in [0.15, 0.2) is 10.6 Å². The topological polar surface area (TPSA) is 73.6 Å². The fraction of sp³-hybridized carbons (Fsp3) is 0.227. The van der Waals surface area contributed by atoms with Gasteiger partial charge in [-0.1, -0.05) is 44.2 Å². The monoisotopic (exact) mass is 407 g/mol. The molecule has 0 saturated carbocycles. The molecule has 2 aromatic carbocycles. The second kappa shape index (κ2) is 8.05. The summed E-state index contributed by atoms with van der Waals surface area (Å²) in [5.41, 5.74) is 2.14. The van der Waals surface area contributed by atoms with Gasteiger partial charge in [0.2, 0.25) is 0 Å². The van der Waals surface area contributed by atoms with Crippen LogP contribution in [-0.4, -0.2) is 9.49 Å². The third-order valence-electron chi connectivity index (χ3n) is 5.02. The Bertz CT molecular complexity index is 1200. The van der Waals surface area contributed by atoms with Crippen LogP contribution in [0.2, 0.25) is 0 Å². The summed E-state index contributed by atoms with van der Waals surface area (Å²) in [6.45, 7) is 4.27. The number of hydrogen-bond donors (Lipinski definition) is 0. The Morgan fingerprint density at radius 2 is 1.86 bits per heavy atom. The van der Waals surface area contributed by atoms with E-state index in [1.165, 1.54) is 17.4 Å². The van der Waals surface area contributed by atoms with Crippen molar-refractivity contribution in [2.45, 2.75) is 32.7 Å². The lowest BCUT2D eigenvalue weighted by molar-refractivity contribution is -0.384. The Labute approximate surface area is 171 Å². The summed E-state index contributed by atoms with van der Waals surface area (Å²) < 4.78 is 8.25. The summed E-state index contributed by atoms with van der Waals surface area (Å²) in [6, 6.07) is 16.7. The molecule has 0 unspecified atom stereocenters. The van der Waals surface area contributed by atoms with Crippen LogP contribution in [0.1, 0.15) is 32.7 Å². The zero-order valence-electron chi connectivity index (χ0n) is 16.2. The third-order valence-corrected chi connectivity index (χ3v) is 5.86.